The Morgan fingerprint density at radius 2 is 2.30 bits per heavy atom. The van der Waals surface area contributed by atoms with Gasteiger partial charge in [-0.2, -0.15) is 0 Å². The summed E-state index contributed by atoms with van der Waals surface area (Å²) in [5, 5.41) is 2.59. The fourth-order valence-electron chi connectivity index (χ4n) is 0.525. The zero-order valence-electron chi connectivity index (χ0n) is 6.48. The fraction of sp³-hybridized carbons (Fsp3) is 0.625. The summed E-state index contributed by atoms with van der Waals surface area (Å²) in [6.45, 7) is 4.88. The van der Waals surface area contributed by atoms with Gasteiger partial charge in [0.15, 0.2) is 0 Å². The number of carbonyl (C=O) groups is 1. The van der Waals surface area contributed by atoms with Crippen LogP contribution in [0.25, 0.3) is 0 Å². The lowest BCUT2D eigenvalue weighted by atomic mass is 10.1. The van der Waals surface area contributed by atoms with Gasteiger partial charge < -0.3 is 5.32 Å². The average molecular weight is 139 g/mol. The lowest BCUT2D eigenvalue weighted by molar-refractivity contribution is -0.115. The van der Waals surface area contributed by atoms with Gasteiger partial charge in [0, 0.05) is 6.54 Å². The molecule has 0 aliphatic carbocycles. The van der Waals surface area contributed by atoms with Crippen LogP contribution in [0.4, 0.5) is 0 Å². The molecule has 0 saturated heterocycles. The van der Waals surface area contributed by atoms with E-state index in [0.29, 0.717) is 12.5 Å². The molecule has 1 N–H and O–H groups in total. The van der Waals surface area contributed by atoms with Gasteiger partial charge in [-0.1, -0.05) is 13.8 Å². The van der Waals surface area contributed by atoms with E-state index in [4.69, 9.17) is 6.42 Å². The summed E-state index contributed by atoms with van der Waals surface area (Å²) in [6, 6.07) is 0. The number of hydrogen-bond donors (Lipinski definition) is 1. The minimum atomic E-state index is -0.319. The van der Waals surface area contributed by atoms with Crippen LogP contribution in [0.1, 0.15) is 20.3 Å². The van der Waals surface area contributed by atoms with Crippen LogP contribution in [-0.4, -0.2) is 12.5 Å². The van der Waals surface area contributed by atoms with Crippen molar-refractivity contribution in [1.82, 2.24) is 5.32 Å². The van der Waals surface area contributed by atoms with Crippen molar-refractivity contribution in [1.29, 1.82) is 0 Å². The van der Waals surface area contributed by atoms with Crippen molar-refractivity contribution in [3.63, 3.8) is 0 Å². The highest BCUT2D eigenvalue weighted by molar-refractivity contribution is 5.92. The number of amides is 1. The smallest absolute Gasteiger partial charge is 0.295 e. The van der Waals surface area contributed by atoms with E-state index in [2.05, 4.69) is 19.2 Å². The Labute approximate surface area is 62.0 Å². The predicted octanol–water partition coefficient (Wildman–Crippen LogP) is 0.782. The van der Waals surface area contributed by atoms with E-state index in [1.165, 1.54) is 0 Å². The topological polar surface area (TPSA) is 29.1 Å². The lowest BCUT2D eigenvalue weighted by Gasteiger charge is -2.02. The molecule has 0 atom stereocenters. The molecule has 0 saturated carbocycles. The van der Waals surface area contributed by atoms with Gasteiger partial charge in [-0.15, -0.1) is 6.42 Å². The van der Waals surface area contributed by atoms with Gasteiger partial charge in [0.05, 0.1) is 0 Å². The molecule has 10 heavy (non-hydrogen) atoms. The molecule has 0 aromatic rings. The standard InChI is InChI=1S/C8H13NO/c1-4-8(10)9-6-5-7(2)3/h1,7H,5-6H2,2-3H3,(H,9,10). The van der Waals surface area contributed by atoms with Gasteiger partial charge in [0.1, 0.15) is 0 Å². The van der Waals surface area contributed by atoms with Crippen LogP contribution < -0.4 is 5.32 Å². The van der Waals surface area contributed by atoms with Crippen molar-refractivity contribution in [2.75, 3.05) is 6.54 Å². The number of rotatable bonds is 3. The molecule has 0 bridgehead atoms. The molecule has 0 aliphatic rings. The van der Waals surface area contributed by atoms with Crippen LogP contribution in [0.15, 0.2) is 0 Å². The molecule has 0 spiro atoms. The lowest BCUT2D eigenvalue weighted by Crippen LogP contribution is -2.23. The Morgan fingerprint density at radius 3 is 2.70 bits per heavy atom. The van der Waals surface area contributed by atoms with E-state index in [9.17, 15) is 4.79 Å². The first-order chi connectivity index (χ1) is 4.66. The van der Waals surface area contributed by atoms with Crippen molar-refractivity contribution < 1.29 is 4.79 Å². The first kappa shape index (κ1) is 9.03. The van der Waals surface area contributed by atoms with Gasteiger partial charge in [-0.25, -0.2) is 0 Å². The summed E-state index contributed by atoms with van der Waals surface area (Å²) in [5.41, 5.74) is 0. The van der Waals surface area contributed by atoms with E-state index >= 15 is 0 Å². The van der Waals surface area contributed by atoms with Crippen LogP contribution in [-0.2, 0) is 4.79 Å². The molecule has 0 heterocycles. The van der Waals surface area contributed by atoms with Crippen LogP contribution in [0.2, 0.25) is 0 Å². The Kier molecular flexibility index (Phi) is 4.39. The normalized spacial score (nSPS) is 9.00. The van der Waals surface area contributed by atoms with Crippen molar-refractivity contribution >= 4 is 5.91 Å². The fourth-order valence-corrected chi connectivity index (χ4v) is 0.525. The highest BCUT2D eigenvalue weighted by Gasteiger charge is 1.95. The summed E-state index contributed by atoms with van der Waals surface area (Å²) in [5.74, 6) is 2.28. The highest BCUT2D eigenvalue weighted by atomic mass is 16.1. The summed E-state index contributed by atoms with van der Waals surface area (Å²) in [6.07, 6.45) is 5.81. The SMILES string of the molecule is C#CC(=O)NCCC(C)C. The highest BCUT2D eigenvalue weighted by Crippen LogP contribution is 1.95. The molecule has 2 nitrogen and oxygen atoms in total. The first-order valence-corrected chi connectivity index (χ1v) is 3.41. The second-order valence-corrected chi connectivity index (χ2v) is 2.58. The number of hydrogen-bond acceptors (Lipinski definition) is 1. The molecule has 0 rings (SSSR count). The van der Waals surface area contributed by atoms with Gasteiger partial charge in [-0.3, -0.25) is 4.79 Å². The summed E-state index contributed by atoms with van der Waals surface area (Å²) in [4.78, 5) is 10.4. The van der Waals surface area contributed by atoms with Gasteiger partial charge in [0.2, 0.25) is 0 Å². The number of terminal acetylenes is 1. The number of carbonyl (C=O) groups excluding carboxylic acids is 1. The van der Waals surface area contributed by atoms with Gasteiger partial charge in [0.25, 0.3) is 5.91 Å². The molecule has 56 valence electrons. The molecule has 0 aromatic carbocycles. The van der Waals surface area contributed by atoms with E-state index in [1.54, 1.807) is 0 Å². The van der Waals surface area contributed by atoms with E-state index < -0.39 is 0 Å². The Bertz CT molecular complexity index is 144. The molecule has 0 fully saturated rings. The van der Waals surface area contributed by atoms with E-state index in [0.717, 1.165) is 6.42 Å². The monoisotopic (exact) mass is 139 g/mol. The molecule has 0 aromatic heterocycles. The Balaban J connectivity index is 3.22. The molecule has 0 unspecified atom stereocenters. The Hall–Kier alpha value is -0.970. The second kappa shape index (κ2) is 4.87. The maximum Gasteiger partial charge on any atom is 0.295 e. The zero-order chi connectivity index (χ0) is 7.98. The molecule has 1 amide bonds. The minimum Gasteiger partial charge on any atom is -0.345 e. The minimum absolute atomic E-state index is 0.319. The third kappa shape index (κ3) is 5.17. The van der Waals surface area contributed by atoms with Gasteiger partial charge >= 0.3 is 0 Å². The summed E-state index contributed by atoms with van der Waals surface area (Å²) in [7, 11) is 0. The summed E-state index contributed by atoms with van der Waals surface area (Å²) >= 11 is 0. The third-order valence-corrected chi connectivity index (χ3v) is 1.14. The molecule has 0 radical (unpaired) electrons. The summed E-state index contributed by atoms with van der Waals surface area (Å²) < 4.78 is 0. The van der Waals surface area contributed by atoms with Crippen molar-refractivity contribution in [3.05, 3.63) is 0 Å². The quantitative estimate of drug-likeness (QED) is 0.575. The van der Waals surface area contributed by atoms with Gasteiger partial charge in [-0.05, 0) is 18.3 Å². The van der Waals surface area contributed by atoms with Crippen LogP contribution in [0, 0.1) is 18.3 Å². The number of nitrogens with one attached hydrogen (secondary N) is 1. The maximum absolute atomic E-state index is 10.4. The molecular weight excluding hydrogens is 126 g/mol. The maximum atomic E-state index is 10.4. The average Bonchev–Trinajstić information content (AvgIpc) is 1.87. The molecule has 2 heteroatoms. The van der Waals surface area contributed by atoms with E-state index in [-0.39, 0.29) is 5.91 Å². The van der Waals surface area contributed by atoms with Crippen molar-refractivity contribution in [2.45, 2.75) is 20.3 Å². The first-order valence-electron chi connectivity index (χ1n) is 3.41. The second-order valence-electron chi connectivity index (χ2n) is 2.58. The third-order valence-electron chi connectivity index (χ3n) is 1.14. The van der Waals surface area contributed by atoms with Crippen LogP contribution in [0.5, 0.6) is 0 Å². The zero-order valence-corrected chi connectivity index (χ0v) is 6.48. The Morgan fingerprint density at radius 1 is 1.70 bits per heavy atom. The van der Waals surface area contributed by atoms with Crippen LogP contribution in [0.3, 0.4) is 0 Å². The van der Waals surface area contributed by atoms with E-state index in [1.807, 2.05) is 5.92 Å². The predicted molar refractivity (Wildman–Crippen MR) is 41.3 cm³/mol. The van der Waals surface area contributed by atoms with Crippen molar-refractivity contribution in [2.24, 2.45) is 5.92 Å². The molecular formula is C8H13NO. The molecule has 0 aliphatic heterocycles. The van der Waals surface area contributed by atoms with Crippen LogP contribution >= 0.6 is 0 Å². The largest absolute Gasteiger partial charge is 0.345 e. The van der Waals surface area contributed by atoms with Crippen molar-refractivity contribution in [3.8, 4) is 12.3 Å².